The minimum absolute atomic E-state index is 0.172. The van der Waals surface area contributed by atoms with Crippen LogP contribution in [-0.4, -0.2) is 336 Å². The molecule has 8 saturated heterocycles. The average molecular weight is 1180 g/mol. The first-order chi connectivity index (χ1) is 38.2. The number of benzene rings is 1. The zero-order chi connectivity index (χ0) is 57.3. The van der Waals surface area contributed by atoms with Crippen LogP contribution in [0.15, 0.2) is 30.3 Å². The molecule has 0 amide bonds. The summed E-state index contributed by atoms with van der Waals surface area (Å²) in [5.74, 6) is 0.506. The second kappa shape index (κ2) is 27.8. The Morgan fingerprint density at radius 3 is 0.812 bits per heavy atom. The van der Waals surface area contributed by atoms with Gasteiger partial charge in [0.15, 0.2) is 44.0 Å². The molecule has 32 nitrogen and oxygen atoms in total. The molecule has 0 unspecified atom stereocenters. The van der Waals surface area contributed by atoms with Crippen LogP contribution < -0.4 is 0 Å². The first kappa shape index (κ1) is 62.8. The molecule has 0 spiro atoms. The van der Waals surface area contributed by atoms with Crippen LogP contribution in [0.2, 0.25) is 0 Å². The standard InChI is InChI=1S/C47H72O32S/c48-16-6-65-40(32(57)24(16)49)73-17-7-66-41(33(58)25(17)50)74-18-8-67-42(34(59)26(18)51)75-19-9-68-43(35(60)27(19)52)76-20-10-69-44(36(61)28(20)53)77-21-11-70-45(37(62)29(21)54)78-22-12-71-46(38(63)30(22)55)79-23-13-72-47(39(64)31(23)56)80-14-15-4-2-1-3-5-15/h1-5,16-64H,6-14H2/t16-,17-,18-,19-,20-,21-,22-,23-,24+,25+,26+,27+,28+,29+,30+,31+,32-,33-,34-,35-,36-,37-,38-,39-,40+,41+,42+,43+,44+,45+,46+,47+/m1/s1. The summed E-state index contributed by atoms with van der Waals surface area (Å²) in [7, 11) is 0. The zero-order valence-corrected chi connectivity index (χ0v) is 43.2. The Kier molecular flexibility index (Phi) is 21.8. The van der Waals surface area contributed by atoms with E-state index in [1.165, 1.54) is 11.8 Å². The van der Waals surface area contributed by atoms with E-state index in [2.05, 4.69) is 0 Å². The van der Waals surface area contributed by atoms with Gasteiger partial charge in [-0.25, -0.2) is 0 Å². The summed E-state index contributed by atoms with van der Waals surface area (Å²) in [6, 6.07) is 9.44. The maximum absolute atomic E-state index is 11.0. The first-order valence-electron chi connectivity index (χ1n) is 25.9. The maximum Gasteiger partial charge on any atom is 0.186 e. The number of ether oxygens (including phenoxy) is 15. The quantitative estimate of drug-likeness (QED) is 0.0689. The van der Waals surface area contributed by atoms with Crippen molar-refractivity contribution in [1.29, 1.82) is 0 Å². The molecule has 1 aromatic carbocycles. The molecule has 8 aliphatic rings. The van der Waals surface area contributed by atoms with E-state index in [1.807, 2.05) is 30.3 Å². The predicted molar refractivity (Wildman–Crippen MR) is 252 cm³/mol. The Hall–Kier alpha value is -1.71. The molecule has 1 aromatic rings. The highest BCUT2D eigenvalue weighted by Gasteiger charge is 2.53. The number of thioether (sulfide) groups is 1. The Balaban J connectivity index is 0.669. The van der Waals surface area contributed by atoms with Crippen LogP contribution >= 0.6 is 11.8 Å². The molecule has 17 N–H and O–H groups in total. The van der Waals surface area contributed by atoms with Gasteiger partial charge in [-0.15, -0.1) is 11.8 Å². The number of aliphatic hydroxyl groups excluding tert-OH is 17. The second-order valence-corrected chi connectivity index (χ2v) is 21.6. The monoisotopic (exact) mass is 1180 g/mol. The molecule has 0 aliphatic carbocycles. The van der Waals surface area contributed by atoms with Crippen molar-refractivity contribution in [3.8, 4) is 0 Å². The molecule has 32 atom stereocenters. The van der Waals surface area contributed by atoms with Gasteiger partial charge in [0.2, 0.25) is 0 Å². The van der Waals surface area contributed by atoms with Crippen molar-refractivity contribution >= 4 is 11.8 Å². The molecule has 33 heteroatoms. The zero-order valence-electron chi connectivity index (χ0n) is 42.4. The van der Waals surface area contributed by atoms with Gasteiger partial charge in [0.05, 0.1) is 52.9 Å². The average Bonchev–Trinajstić information content (AvgIpc) is 3.46. The summed E-state index contributed by atoms with van der Waals surface area (Å²) >= 11 is 1.28. The minimum Gasteiger partial charge on any atom is -0.388 e. The van der Waals surface area contributed by atoms with Gasteiger partial charge in [-0.3, -0.25) is 0 Å². The van der Waals surface area contributed by atoms with E-state index in [-0.39, 0.29) is 13.2 Å². The van der Waals surface area contributed by atoms with Crippen LogP contribution in [0.25, 0.3) is 0 Å². The lowest BCUT2D eigenvalue weighted by Crippen LogP contribution is -2.63. The predicted octanol–water partition coefficient (Wildman–Crippen LogP) is -10.4. The van der Waals surface area contributed by atoms with E-state index >= 15 is 0 Å². The van der Waals surface area contributed by atoms with Crippen molar-refractivity contribution in [1.82, 2.24) is 0 Å². The lowest BCUT2D eigenvalue weighted by Gasteiger charge is -2.45. The topological polar surface area (TPSA) is 482 Å². The Morgan fingerprint density at radius 2 is 0.525 bits per heavy atom. The van der Waals surface area contributed by atoms with E-state index in [9.17, 15) is 86.8 Å². The SMILES string of the molecule is O[C@@H]1[C@@H](O)[C@H](O[C@@H]2CO[C@@H](O[C@@H]3CO[C@@H](O[C@@H]4CO[C@@H](O[C@@H]5CO[C@@H](O[C@@H]6CO[C@@H](O[C@@H]7CO[C@@H](O[C@@H]8CO[C@@H](SCc9ccccc9)[C@H](O)[C@H]8O)[C@H](O)[C@H]7O)[C@H](O)[C@H]6O)[C@H](O)[C@H]5O)[C@H](O)[C@H]4O)[C@H](O)[C@H]3O)[C@H](O)[C@H]2O)OC[C@H]1O. The summed E-state index contributed by atoms with van der Waals surface area (Å²) in [5.41, 5.74) is 0.212. The highest BCUT2D eigenvalue weighted by atomic mass is 32.2. The smallest absolute Gasteiger partial charge is 0.186 e. The van der Waals surface area contributed by atoms with Gasteiger partial charge in [-0.05, 0) is 5.56 Å². The summed E-state index contributed by atoms with van der Waals surface area (Å²) in [6.45, 7) is -3.46. The summed E-state index contributed by atoms with van der Waals surface area (Å²) < 4.78 is 83.6. The molecule has 8 fully saturated rings. The highest BCUT2D eigenvalue weighted by Crippen LogP contribution is 2.34. The molecule has 0 aromatic heterocycles. The third kappa shape index (κ3) is 14.1. The van der Waals surface area contributed by atoms with Gasteiger partial charge in [0.1, 0.15) is 152 Å². The van der Waals surface area contributed by atoms with Crippen molar-refractivity contribution in [3.63, 3.8) is 0 Å². The lowest BCUT2D eigenvalue weighted by atomic mass is 10.0. The number of hydrogen-bond donors (Lipinski definition) is 17. The fourth-order valence-corrected chi connectivity index (χ4v) is 11.0. The van der Waals surface area contributed by atoms with Crippen molar-refractivity contribution in [2.75, 3.05) is 52.9 Å². The van der Waals surface area contributed by atoms with E-state index in [1.54, 1.807) is 0 Å². The molecule has 458 valence electrons. The third-order valence-electron chi connectivity index (χ3n) is 14.9. The van der Waals surface area contributed by atoms with Crippen LogP contribution in [-0.2, 0) is 76.8 Å². The molecular weight excluding hydrogens is 1110 g/mol. The Morgan fingerprint density at radius 1 is 0.287 bits per heavy atom. The van der Waals surface area contributed by atoms with E-state index in [0.717, 1.165) is 5.56 Å². The third-order valence-corrected chi connectivity index (χ3v) is 16.2. The maximum atomic E-state index is 11.0. The van der Waals surface area contributed by atoms with Crippen LogP contribution in [0.1, 0.15) is 5.56 Å². The number of hydrogen-bond acceptors (Lipinski definition) is 33. The molecule has 0 saturated carbocycles. The minimum atomic E-state index is -1.89. The Labute approximate surface area is 459 Å². The van der Waals surface area contributed by atoms with Gasteiger partial charge in [-0.1, -0.05) is 30.3 Å². The summed E-state index contributed by atoms with van der Waals surface area (Å²) in [6.07, 6.45) is -49.7. The number of aliphatic hydroxyl groups is 17. The summed E-state index contributed by atoms with van der Waals surface area (Å²) in [4.78, 5) is 0. The van der Waals surface area contributed by atoms with Crippen LogP contribution in [0.3, 0.4) is 0 Å². The summed E-state index contributed by atoms with van der Waals surface area (Å²) in [5, 5.41) is 182. The van der Waals surface area contributed by atoms with E-state index in [0.29, 0.717) is 5.75 Å². The molecule has 8 aliphatic heterocycles. The van der Waals surface area contributed by atoms with Crippen molar-refractivity contribution in [2.45, 2.75) is 202 Å². The van der Waals surface area contributed by atoms with Gasteiger partial charge in [0.25, 0.3) is 0 Å². The largest absolute Gasteiger partial charge is 0.388 e. The highest BCUT2D eigenvalue weighted by molar-refractivity contribution is 7.99. The van der Waals surface area contributed by atoms with E-state index in [4.69, 9.17) is 71.1 Å². The van der Waals surface area contributed by atoms with Crippen LogP contribution in [0.5, 0.6) is 0 Å². The molecule has 9 rings (SSSR count). The van der Waals surface area contributed by atoms with Crippen LogP contribution in [0, 0.1) is 0 Å². The fourth-order valence-electron chi connectivity index (χ4n) is 9.94. The first-order valence-corrected chi connectivity index (χ1v) is 27.0. The fraction of sp³-hybridized carbons (Fsp3) is 0.872. The van der Waals surface area contributed by atoms with Gasteiger partial charge in [-0.2, -0.15) is 0 Å². The van der Waals surface area contributed by atoms with Crippen molar-refractivity contribution in [3.05, 3.63) is 35.9 Å². The number of rotatable bonds is 17. The second-order valence-electron chi connectivity index (χ2n) is 20.5. The Bertz CT molecular complexity index is 2050. The van der Waals surface area contributed by atoms with E-state index < -0.39 is 236 Å². The van der Waals surface area contributed by atoms with Crippen molar-refractivity contribution < 1.29 is 158 Å². The van der Waals surface area contributed by atoms with Crippen LogP contribution in [0.4, 0.5) is 0 Å². The normalized spacial score (nSPS) is 50.7. The van der Waals surface area contributed by atoms with Gasteiger partial charge in [0, 0.05) is 5.75 Å². The van der Waals surface area contributed by atoms with Crippen molar-refractivity contribution in [2.24, 2.45) is 0 Å². The lowest BCUT2D eigenvalue weighted by molar-refractivity contribution is -0.368. The molecule has 8 heterocycles. The van der Waals surface area contributed by atoms with Gasteiger partial charge < -0.3 is 158 Å². The molecule has 0 radical (unpaired) electrons. The molecular formula is C47H72O32S. The van der Waals surface area contributed by atoms with Gasteiger partial charge >= 0.3 is 0 Å². The molecule has 0 bridgehead atoms. The molecule has 80 heavy (non-hydrogen) atoms.